The van der Waals surface area contributed by atoms with Crippen molar-refractivity contribution in [2.45, 2.75) is 123 Å². The van der Waals surface area contributed by atoms with Crippen LogP contribution in [0.15, 0.2) is 24.4 Å². The Morgan fingerprint density at radius 2 is 1.21 bits per heavy atom. The molecule has 1 heterocycles. The zero-order valence-corrected chi connectivity index (χ0v) is 20.1. The first kappa shape index (κ1) is 27.6. The molecule has 0 bridgehead atoms. The van der Waals surface area contributed by atoms with Crippen LogP contribution in [0.1, 0.15) is 115 Å². The summed E-state index contributed by atoms with van der Waals surface area (Å²) in [6, 6.07) is 6.70. The molecule has 0 spiro atoms. The summed E-state index contributed by atoms with van der Waals surface area (Å²) in [7, 11) is 0. The monoisotopic (exact) mass is 455 g/mol. The van der Waals surface area contributed by atoms with Gasteiger partial charge in [-0.3, -0.25) is 0 Å². The topological polar surface area (TPSA) is 24.1 Å². The van der Waals surface area contributed by atoms with Crippen molar-refractivity contribution in [1.82, 2.24) is 0 Å². The number of unbranched alkanes of at least 4 members (excludes halogenated alkanes) is 14. The van der Waals surface area contributed by atoms with Crippen molar-refractivity contribution < 1.29 is 26.7 Å². The molecule has 0 aliphatic heterocycles. The van der Waals surface area contributed by atoms with E-state index >= 15 is 0 Å². The van der Waals surface area contributed by atoms with Crippen LogP contribution in [0, 0.1) is 0 Å². The van der Waals surface area contributed by atoms with Crippen molar-refractivity contribution in [3.05, 3.63) is 30.1 Å². The molecule has 0 saturated carbocycles. The Bertz CT molecular complexity index is 438. The fourth-order valence-electron chi connectivity index (χ4n) is 3.85. The molecular formula is C25H46BrNO. The third-order valence-electron chi connectivity index (χ3n) is 5.63. The van der Waals surface area contributed by atoms with Gasteiger partial charge in [-0.05, 0) is 19.3 Å². The Morgan fingerprint density at radius 1 is 0.679 bits per heavy atom. The lowest BCUT2D eigenvalue weighted by molar-refractivity contribution is -0.704. The number of aryl methyl sites for hydroxylation is 2. The van der Waals surface area contributed by atoms with Crippen molar-refractivity contribution in [1.29, 1.82) is 0 Å². The fraction of sp³-hybridized carbons (Fsp3) is 0.800. The van der Waals surface area contributed by atoms with E-state index in [9.17, 15) is 0 Å². The largest absolute Gasteiger partial charge is 1.00 e. The van der Waals surface area contributed by atoms with Gasteiger partial charge >= 0.3 is 0 Å². The Hall–Kier alpha value is -0.410. The van der Waals surface area contributed by atoms with Gasteiger partial charge in [-0.1, -0.05) is 90.0 Å². The van der Waals surface area contributed by atoms with Crippen molar-refractivity contribution in [2.24, 2.45) is 0 Å². The number of hydrogen-bond acceptors (Lipinski definition) is 1. The molecule has 3 heteroatoms. The van der Waals surface area contributed by atoms with Crippen molar-refractivity contribution >= 4 is 0 Å². The minimum absolute atomic E-state index is 0. The van der Waals surface area contributed by atoms with Gasteiger partial charge in [0.2, 0.25) is 0 Å². The van der Waals surface area contributed by atoms with Gasteiger partial charge in [0.1, 0.15) is 6.54 Å². The molecule has 0 aliphatic carbocycles. The van der Waals surface area contributed by atoms with E-state index < -0.39 is 0 Å². The van der Waals surface area contributed by atoms with Crippen molar-refractivity contribution in [3.63, 3.8) is 0 Å². The maximum Gasteiger partial charge on any atom is 0.181 e. The number of hydrogen-bond donors (Lipinski definition) is 1. The van der Waals surface area contributed by atoms with Gasteiger partial charge in [-0.2, -0.15) is 0 Å². The van der Waals surface area contributed by atoms with Crippen LogP contribution in [-0.4, -0.2) is 11.7 Å². The Labute approximate surface area is 185 Å². The molecular weight excluding hydrogens is 410 g/mol. The predicted octanol–water partition coefficient (Wildman–Crippen LogP) is 3.77. The third-order valence-corrected chi connectivity index (χ3v) is 5.63. The molecule has 1 rings (SSSR count). The van der Waals surface area contributed by atoms with E-state index in [0.29, 0.717) is 6.61 Å². The van der Waals surface area contributed by atoms with E-state index in [1.807, 2.05) is 0 Å². The number of aliphatic hydroxyl groups excluding tert-OH is 1. The minimum Gasteiger partial charge on any atom is -1.00 e. The van der Waals surface area contributed by atoms with Crippen LogP contribution in [0.4, 0.5) is 0 Å². The van der Waals surface area contributed by atoms with E-state index in [0.717, 1.165) is 6.42 Å². The van der Waals surface area contributed by atoms with Gasteiger partial charge in [0.25, 0.3) is 0 Å². The highest BCUT2D eigenvalue weighted by atomic mass is 79.9. The number of rotatable bonds is 19. The molecule has 2 nitrogen and oxygen atoms in total. The molecule has 0 radical (unpaired) electrons. The summed E-state index contributed by atoms with van der Waals surface area (Å²) in [5.41, 5.74) is 1.52. The Balaban J connectivity index is 0.00000729. The molecule has 0 aliphatic rings. The molecule has 164 valence electrons. The first-order chi connectivity index (χ1) is 13.4. The van der Waals surface area contributed by atoms with Crippen LogP contribution in [0.2, 0.25) is 0 Å². The maximum atomic E-state index is 8.77. The van der Waals surface area contributed by atoms with Gasteiger partial charge in [0, 0.05) is 31.6 Å². The number of aliphatic hydroxyl groups is 1. The number of nitrogens with zero attached hydrogens (tertiary/aromatic N) is 1. The lowest BCUT2D eigenvalue weighted by atomic mass is 10.1. The standard InChI is InChI=1S/C25H46NO.BrH/c1-2-3-4-5-12-15-20-25-21-16-18-23-26(25)22-17-13-10-8-6-7-9-11-14-19-24-27;/h16,18,21,23,27H,2-15,17,19-20,22,24H2,1H3;1H/q+1;/p-1. The average molecular weight is 457 g/mol. The summed E-state index contributed by atoms with van der Waals surface area (Å²) in [5, 5.41) is 8.77. The van der Waals surface area contributed by atoms with E-state index in [4.69, 9.17) is 5.11 Å². The fourth-order valence-corrected chi connectivity index (χ4v) is 3.85. The summed E-state index contributed by atoms with van der Waals surface area (Å²) in [5.74, 6) is 0. The van der Waals surface area contributed by atoms with Crippen LogP contribution >= 0.6 is 0 Å². The molecule has 1 aromatic heterocycles. The lowest BCUT2D eigenvalue weighted by Crippen LogP contribution is -3.00. The molecule has 1 aromatic rings. The Morgan fingerprint density at radius 3 is 1.82 bits per heavy atom. The van der Waals surface area contributed by atoms with Crippen LogP contribution in [0.3, 0.4) is 0 Å². The summed E-state index contributed by atoms with van der Waals surface area (Å²) < 4.78 is 2.49. The molecule has 1 N–H and O–H groups in total. The zero-order valence-electron chi connectivity index (χ0n) is 18.5. The summed E-state index contributed by atoms with van der Waals surface area (Å²) >= 11 is 0. The molecule has 0 fully saturated rings. The average Bonchev–Trinajstić information content (AvgIpc) is 2.69. The molecule has 0 atom stereocenters. The highest BCUT2D eigenvalue weighted by molar-refractivity contribution is 4.97. The van der Waals surface area contributed by atoms with Gasteiger partial charge < -0.3 is 22.1 Å². The maximum absolute atomic E-state index is 8.77. The molecule has 0 aromatic carbocycles. The van der Waals surface area contributed by atoms with E-state index in [-0.39, 0.29) is 17.0 Å². The van der Waals surface area contributed by atoms with Crippen molar-refractivity contribution in [2.75, 3.05) is 6.61 Å². The molecule has 0 saturated heterocycles. The second kappa shape index (κ2) is 21.3. The van der Waals surface area contributed by atoms with Gasteiger partial charge in [-0.25, -0.2) is 4.57 Å². The first-order valence-electron chi connectivity index (χ1n) is 12.0. The predicted molar refractivity (Wildman–Crippen MR) is 117 cm³/mol. The Kier molecular flexibility index (Phi) is 21.0. The first-order valence-corrected chi connectivity index (χ1v) is 12.0. The van der Waals surface area contributed by atoms with E-state index in [1.165, 1.54) is 115 Å². The van der Waals surface area contributed by atoms with Crippen LogP contribution in [-0.2, 0) is 13.0 Å². The second-order valence-electron chi connectivity index (χ2n) is 8.16. The third kappa shape index (κ3) is 15.5. The number of pyridine rings is 1. The van der Waals surface area contributed by atoms with E-state index in [1.54, 1.807) is 0 Å². The van der Waals surface area contributed by atoms with Crippen molar-refractivity contribution in [3.8, 4) is 0 Å². The highest BCUT2D eigenvalue weighted by Crippen LogP contribution is 2.11. The van der Waals surface area contributed by atoms with Crippen LogP contribution in [0.5, 0.6) is 0 Å². The van der Waals surface area contributed by atoms with Crippen LogP contribution < -0.4 is 21.5 Å². The highest BCUT2D eigenvalue weighted by Gasteiger charge is 2.08. The van der Waals surface area contributed by atoms with Gasteiger partial charge in [0.15, 0.2) is 11.9 Å². The number of halogens is 1. The molecule has 0 amide bonds. The summed E-state index contributed by atoms with van der Waals surface area (Å²) in [6.07, 6.45) is 24.8. The van der Waals surface area contributed by atoms with Gasteiger partial charge in [-0.15, -0.1) is 0 Å². The second-order valence-corrected chi connectivity index (χ2v) is 8.16. The number of aromatic nitrogens is 1. The van der Waals surface area contributed by atoms with E-state index in [2.05, 4.69) is 35.9 Å². The normalized spacial score (nSPS) is 10.8. The van der Waals surface area contributed by atoms with Gasteiger partial charge in [0.05, 0.1) is 0 Å². The smallest absolute Gasteiger partial charge is 0.181 e. The molecule has 28 heavy (non-hydrogen) atoms. The molecule has 0 unspecified atom stereocenters. The summed E-state index contributed by atoms with van der Waals surface area (Å²) in [6.45, 7) is 3.83. The minimum atomic E-state index is 0. The quantitative estimate of drug-likeness (QED) is 0.249. The zero-order chi connectivity index (χ0) is 19.4. The van der Waals surface area contributed by atoms with Crippen LogP contribution in [0.25, 0.3) is 0 Å². The lowest BCUT2D eigenvalue weighted by Gasteiger charge is -2.05. The SMILES string of the molecule is CCCCCCCCc1cccc[n+]1CCCCCCCCCCCCO.[Br-]. The summed E-state index contributed by atoms with van der Waals surface area (Å²) in [4.78, 5) is 0.